The van der Waals surface area contributed by atoms with E-state index in [2.05, 4.69) is 10.1 Å². The lowest BCUT2D eigenvalue weighted by Crippen LogP contribution is -2.36. The van der Waals surface area contributed by atoms with Crippen LogP contribution in [-0.2, 0) is 20.9 Å². The molecule has 3 rings (SSSR count). The normalized spacial score (nSPS) is 14.5. The molecule has 0 spiro atoms. The molecule has 1 fully saturated rings. The Kier molecular flexibility index (Phi) is 7.37. The summed E-state index contributed by atoms with van der Waals surface area (Å²) >= 11 is 6.45. The van der Waals surface area contributed by atoms with Crippen LogP contribution < -0.4 is 14.8 Å². The monoisotopic (exact) mass is 458 g/mol. The van der Waals surface area contributed by atoms with Crippen molar-refractivity contribution in [1.29, 1.82) is 0 Å². The summed E-state index contributed by atoms with van der Waals surface area (Å²) in [4.78, 5) is 36.7. The van der Waals surface area contributed by atoms with E-state index < -0.39 is 24.5 Å². The summed E-state index contributed by atoms with van der Waals surface area (Å²) in [6.07, 6.45) is 1.45. The lowest BCUT2D eigenvalue weighted by molar-refractivity contribution is -0.143. The molecule has 0 unspecified atom stereocenters. The molecule has 0 atom stereocenters. The predicted molar refractivity (Wildman–Crippen MR) is 118 cm³/mol. The van der Waals surface area contributed by atoms with Crippen molar-refractivity contribution in [3.8, 4) is 11.5 Å². The van der Waals surface area contributed by atoms with Gasteiger partial charge in [-0.1, -0.05) is 41.4 Å². The lowest BCUT2D eigenvalue weighted by Gasteiger charge is -2.15. The minimum atomic E-state index is -0.708. The number of aryl methyl sites for hydroxylation is 1. The van der Waals surface area contributed by atoms with Crippen molar-refractivity contribution in [2.45, 2.75) is 20.5 Å². The summed E-state index contributed by atoms with van der Waals surface area (Å²) in [6, 6.07) is 10.5. The van der Waals surface area contributed by atoms with Crippen LogP contribution >= 0.6 is 11.6 Å². The van der Waals surface area contributed by atoms with Crippen LogP contribution in [0.5, 0.6) is 11.5 Å². The number of hydrogen-bond donors (Lipinski definition) is 1. The number of esters is 1. The molecule has 3 amide bonds. The molecule has 168 valence electrons. The molecular formula is C23H23ClN2O6. The van der Waals surface area contributed by atoms with Gasteiger partial charge in [0.15, 0.2) is 11.5 Å². The first-order chi connectivity index (χ1) is 15.3. The van der Waals surface area contributed by atoms with Crippen LogP contribution in [0.3, 0.4) is 0 Å². The maximum Gasteiger partial charge on any atom is 0.329 e. The van der Waals surface area contributed by atoms with Gasteiger partial charge in [-0.3, -0.25) is 9.59 Å². The van der Waals surface area contributed by atoms with Crippen LogP contribution in [0.25, 0.3) is 6.08 Å². The molecule has 2 aromatic rings. The fourth-order valence-corrected chi connectivity index (χ4v) is 3.26. The van der Waals surface area contributed by atoms with Gasteiger partial charge >= 0.3 is 12.0 Å². The van der Waals surface area contributed by atoms with Gasteiger partial charge in [0.2, 0.25) is 0 Å². The smallest absolute Gasteiger partial charge is 0.329 e. The number of imide groups is 1. The SMILES string of the molecule is CCOc1cc(/C=C2/NC(=O)N(CC(=O)OC)C2=O)cc(Cl)c1OCc1ccc(C)cc1. The van der Waals surface area contributed by atoms with Gasteiger partial charge in [0, 0.05) is 0 Å². The zero-order valence-corrected chi connectivity index (χ0v) is 18.7. The Balaban J connectivity index is 1.83. The van der Waals surface area contributed by atoms with Crippen molar-refractivity contribution >= 4 is 35.6 Å². The fraction of sp³-hybridized carbons (Fsp3) is 0.261. The average Bonchev–Trinajstić information content (AvgIpc) is 3.01. The van der Waals surface area contributed by atoms with E-state index in [1.54, 1.807) is 12.1 Å². The first-order valence-corrected chi connectivity index (χ1v) is 10.3. The summed E-state index contributed by atoms with van der Waals surface area (Å²) in [5, 5.41) is 2.73. The van der Waals surface area contributed by atoms with Gasteiger partial charge in [-0.25, -0.2) is 9.69 Å². The molecule has 0 aromatic heterocycles. The van der Waals surface area contributed by atoms with E-state index in [1.807, 2.05) is 38.1 Å². The van der Waals surface area contributed by atoms with Crippen molar-refractivity contribution < 1.29 is 28.6 Å². The van der Waals surface area contributed by atoms with Gasteiger partial charge in [0.05, 0.1) is 18.7 Å². The van der Waals surface area contributed by atoms with Crippen LogP contribution in [0.4, 0.5) is 4.79 Å². The second-order valence-corrected chi connectivity index (χ2v) is 7.40. The number of nitrogens with one attached hydrogen (secondary N) is 1. The highest BCUT2D eigenvalue weighted by molar-refractivity contribution is 6.32. The number of benzene rings is 2. The quantitative estimate of drug-likeness (QED) is 0.368. The zero-order valence-electron chi connectivity index (χ0n) is 17.9. The Morgan fingerprint density at radius 1 is 1.16 bits per heavy atom. The molecular weight excluding hydrogens is 436 g/mol. The van der Waals surface area contributed by atoms with Crippen molar-refractivity contribution in [3.05, 3.63) is 63.8 Å². The molecule has 1 heterocycles. The van der Waals surface area contributed by atoms with E-state index in [0.29, 0.717) is 30.3 Å². The van der Waals surface area contributed by atoms with Crippen molar-refractivity contribution in [2.24, 2.45) is 0 Å². The Labute approximate surface area is 190 Å². The van der Waals surface area contributed by atoms with E-state index in [0.717, 1.165) is 16.0 Å². The second-order valence-electron chi connectivity index (χ2n) is 6.99. The molecule has 9 heteroatoms. The Morgan fingerprint density at radius 3 is 2.53 bits per heavy atom. The molecule has 0 radical (unpaired) electrons. The number of carbonyl (C=O) groups is 3. The van der Waals surface area contributed by atoms with Gasteiger partial charge in [-0.2, -0.15) is 0 Å². The fourth-order valence-electron chi connectivity index (χ4n) is 2.99. The van der Waals surface area contributed by atoms with E-state index in [1.165, 1.54) is 13.2 Å². The zero-order chi connectivity index (χ0) is 23.3. The first-order valence-electron chi connectivity index (χ1n) is 9.88. The van der Waals surface area contributed by atoms with Gasteiger partial charge in [-0.05, 0) is 43.2 Å². The lowest BCUT2D eigenvalue weighted by atomic mass is 10.1. The molecule has 0 saturated carbocycles. The average molecular weight is 459 g/mol. The first kappa shape index (κ1) is 23.1. The number of methoxy groups -OCH3 is 1. The third-order valence-corrected chi connectivity index (χ3v) is 4.90. The molecule has 0 bridgehead atoms. The van der Waals surface area contributed by atoms with Crippen molar-refractivity contribution in [1.82, 2.24) is 10.2 Å². The highest BCUT2D eigenvalue weighted by atomic mass is 35.5. The van der Waals surface area contributed by atoms with Crippen LogP contribution in [0.2, 0.25) is 5.02 Å². The molecule has 0 aliphatic carbocycles. The maximum absolute atomic E-state index is 12.5. The largest absolute Gasteiger partial charge is 0.490 e. The number of carbonyl (C=O) groups excluding carboxylic acids is 3. The third kappa shape index (κ3) is 5.39. The summed E-state index contributed by atoms with van der Waals surface area (Å²) in [5.41, 5.74) is 2.65. The maximum atomic E-state index is 12.5. The van der Waals surface area contributed by atoms with Gasteiger partial charge in [0.25, 0.3) is 5.91 Å². The number of halogens is 1. The number of urea groups is 1. The predicted octanol–water partition coefficient (Wildman–Crippen LogP) is 3.69. The molecule has 2 aromatic carbocycles. The molecule has 8 nitrogen and oxygen atoms in total. The Bertz CT molecular complexity index is 1060. The summed E-state index contributed by atoms with van der Waals surface area (Å²) < 4.78 is 16.1. The van der Waals surface area contributed by atoms with Crippen LogP contribution in [0, 0.1) is 6.92 Å². The summed E-state index contributed by atoms with van der Waals surface area (Å²) in [7, 11) is 1.18. The van der Waals surface area contributed by atoms with E-state index in [-0.39, 0.29) is 10.7 Å². The Morgan fingerprint density at radius 2 is 1.88 bits per heavy atom. The minimum Gasteiger partial charge on any atom is -0.490 e. The minimum absolute atomic E-state index is 0.00532. The highest BCUT2D eigenvalue weighted by Crippen LogP contribution is 2.38. The topological polar surface area (TPSA) is 94.2 Å². The molecule has 32 heavy (non-hydrogen) atoms. The molecule has 1 saturated heterocycles. The van der Waals surface area contributed by atoms with Gasteiger partial charge < -0.3 is 19.5 Å². The second kappa shape index (κ2) is 10.2. The van der Waals surface area contributed by atoms with E-state index in [4.69, 9.17) is 21.1 Å². The summed E-state index contributed by atoms with van der Waals surface area (Å²) in [6.45, 7) is 4.04. The molecule has 1 aliphatic rings. The van der Waals surface area contributed by atoms with Crippen LogP contribution in [0.1, 0.15) is 23.6 Å². The number of hydrogen-bond acceptors (Lipinski definition) is 6. The van der Waals surface area contributed by atoms with E-state index >= 15 is 0 Å². The molecule has 1 aliphatic heterocycles. The Hall–Kier alpha value is -3.52. The van der Waals surface area contributed by atoms with Crippen LogP contribution in [-0.4, -0.2) is 43.1 Å². The molecule has 1 N–H and O–H groups in total. The number of amides is 3. The standard InChI is InChI=1S/C23H23ClN2O6/c1-4-31-19-11-16(10-18-22(28)26(23(29)25-18)12-20(27)30-3)9-17(24)21(19)32-13-15-7-5-14(2)6-8-15/h5-11H,4,12-13H2,1-3H3,(H,25,29)/b18-10+. The number of ether oxygens (including phenoxy) is 3. The highest BCUT2D eigenvalue weighted by Gasteiger charge is 2.35. The third-order valence-electron chi connectivity index (χ3n) is 4.62. The van der Waals surface area contributed by atoms with Crippen molar-refractivity contribution in [2.75, 3.05) is 20.3 Å². The summed E-state index contributed by atoms with van der Waals surface area (Å²) in [5.74, 6) is -0.562. The number of nitrogens with zero attached hydrogens (tertiary/aromatic N) is 1. The van der Waals surface area contributed by atoms with Crippen LogP contribution in [0.15, 0.2) is 42.1 Å². The van der Waals surface area contributed by atoms with E-state index in [9.17, 15) is 14.4 Å². The van der Waals surface area contributed by atoms with Crippen molar-refractivity contribution in [3.63, 3.8) is 0 Å². The van der Waals surface area contributed by atoms with Gasteiger partial charge in [0.1, 0.15) is 18.8 Å². The number of rotatable bonds is 8. The van der Waals surface area contributed by atoms with Gasteiger partial charge in [-0.15, -0.1) is 0 Å².